The Morgan fingerprint density at radius 3 is 2.39 bits per heavy atom. The monoisotopic (exact) mass is 254 g/mol. The van der Waals surface area contributed by atoms with Crippen molar-refractivity contribution in [1.29, 1.82) is 0 Å². The molecule has 1 aromatic rings. The summed E-state index contributed by atoms with van der Waals surface area (Å²) in [5.74, 6) is -1.15. The van der Waals surface area contributed by atoms with Crippen molar-refractivity contribution in [2.45, 2.75) is 25.6 Å². The van der Waals surface area contributed by atoms with Crippen LogP contribution in [-0.4, -0.2) is 33.3 Å². The average molecular weight is 254 g/mol. The highest BCUT2D eigenvalue weighted by Gasteiger charge is 2.21. The van der Waals surface area contributed by atoms with Crippen LogP contribution in [0.5, 0.6) is 0 Å². The van der Waals surface area contributed by atoms with E-state index in [4.69, 9.17) is 5.11 Å². The Hall–Kier alpha value is -1.99. The Morgan fingerprint density at radius 1 is 1.44 bits per heavy atom. The predicted molar refractivity (Wildman–Crippen MR) is 63.0 cm³/mol. The number of hydrogen-bond acceptors (Lipinski definition) is 5. The molecule has 0 aliphatic rings. The van der Waals surface area contributed by atoms with Crippen LogP contribution in [0.3, 0.4) is 0 Å². The molecule has 0 saturated heterocycles. The van der Waals surface area contributed by atoms with Gasteiger partial charge in [0.15, 0.2) is 0 Å². The smallest absolute Gasteiger partial charge is 0.323 e. The van der Waals surface area contributed by atoms with E-state index in [1.807, 2.05) is 0 Å². The molecule has 1 unspecified atom stereocenters. The standard InChI is InChI=1S/C11H14N2O5/c1-7(14)10(11(15)16)12-6-8-2-4-9(5-3-8)13(17)18/h2-5,7,10,12,14H,6H2,1H3,(H,15,16)/t7?,10-/m1/s1. The second-order valence-electron chi connectivity index (χ2n) is 3.86. The first kappa shape index (κ1) is 14.1. The largest absolute Gasteiger partial charge is 0.480 e. The van der Waals surface area contributed by atoms with Gasteiger partial charge in [-0.1, -0.05) is 12.1 Å². The lowest BCUT2D eigenvalue weighted by Gasteiger charge is -2.16. The van der Waals surface area contributed by atoms with Crippen molar-refractivity contribution < 1.29 is 19.9 Å². The van der Waals surface area contributed by atoms with Crippen LogP contribution < -0.4 is 5.32 Å². The summed E-state index contributed by atoms with van der Waals surface area (Å²) in [6, 6.07) is 4.68. The minimum absolute atomic E-state index is 0.0240. The van der Waals surface area contributed by atoms with Gasteiger partial charge in [-0.2, -0.15) is 0 Å². The lowest BCUT2D eigenvalue weighted by molar-refractivity contribution is -0.384. The maximum atomic E-state index is 10.8. The number of nitro benzene ring substituents is 1. The van der Waals surface area contributed by atoms with Crippen molar-refractivity contribution in [2.24, 2.45) is 0 Å². The van der Waals surface area contributed by atoms with Crippen LogP contribution in [0, 0.1) is 10.1 Å². The second kappa shape index (κ2) is 6.08. The molecule has 0 radical (unpaired) electrons. The Morgan fingerprint density at radius 2 is 2.00 bits per heavy atom. The molecule has 7 nitrogen and oxygen atoms in total. The van der Waals surface area contributed by atoms with Crippen molar-refractivity contribution in [3.8, 4) is 0 Å². The lowest BCUT2D eigenvalue weighted by atomic mass is 10.1. The SMILES string of the molecule is CC(O)[C@@H](NCc1ccc([N+](=O)[O-])cc1)C(=O)O. The Labute approximate surface area is 103 Å². The number of aliphatic carboxylic acids is 1. The number of hydrogen-bond donors (Lipinski definition) is 3. The van der Waals surface area contributed by atoms with Crippen molar-refractivity contribution in [1.82, 2.24) is 5.32 Å². The van der Waals surface area contributed by atoms with E-state index in [2.05, 4.69) is 5.32 Å². The van der Waals surface area contributed by atoms with Crippen LogP contribution in [0.25, 0.3) is 0 Å². The highest BCUT2D eigenvalue weighted by molar-refractivity contribution is 5.74. The van der Waals surface area contributed by atoms with Crippen LogP contribution in [0.2, 0.25) is 0 Å². The van der Waals surface area contributed by atoms with Gasteiger partial charge in [-0.05, 0) is 12.5 Å². The van der Waals surface area contributed by atoms with Crippen LogP contribution >= 0.6 is 0 Å². The molecule has 3 N–H and O–H groups in total. The molecule has 0 aliphatic heterocycles. The van der Waals surface area contributed by atoms with Gasteiger partial charge < -0.3 is 10.2 Å². The summed E-state index contributed by atoms with van der Waals surface area (Å²) in [4.78, 5) is 20.7. The van der Waals surface area contributed by atoms with Crippen molar-refractivity contribution in [2.75, 3.05) is 0 Å². The number of carbonyl (C=O) groups is 1. The molecule has 98 valence electrons. The molecule has 1 rings (SSSR count). The van der Waals surface area contributed by atoms with E-state index < -0.39 is 23.0 Å². The third-order valence-corrected chi connectivity index (χ3v) is 2.42. The number of aliphatic hydroxyl groups is 1. The fourth-order valence-electron chi connectivity index (χ4n) is 1.43. The van der Waals surface area contributed by atoms with Gasteiger partial charge in [-0.3, -0.25) is 20.2 Å². The molecular formula is C11H14N2O5. The Bertz CT molecular complexity index is 430. The first-order chi connectivity index (χ1) is 8.41. The van der Waals surface area contributed by atoms with Gasteiger partial charge in [0.05, 0.1) is 11.0 Å². The minimum Gasteiger partial charge on any atom is -0.480 e. The van der Waals surface area contributed by atoms with E-state index in [0.717, 1.165) is 0 Å². The van der Waals surface area contributed by atoms with E-state index >= 15 is 0 Å². The zero-order valence-electron chi connectivity index (χ0n) is 9.74. The summed E-state index contributed by atoms with van der Waals surface area (Å²) in [5.41, 5.74) is 0.677. The number of nitrogens with zero attached hydrogens (tertiary/aromatic N) is 1. The summed E-state index contributed by atoms with van der Waals surface area (Å²) < 4.78 is 0. The number of carboxylic acid groups (broad SMARTS) is 1. The van der Waals surface area contributed by atoms with Gasteiger partial charge in [-0.25, -0.2) is 0 Å². The van der Waals surface area contributed by atoms with Crippen molar-refractivity contribution in [3.63, 3.8) is 0 Å². The lowest BCUT2D eigenvalue weighted by Crippen LogP contribution is -2.44. The number of carboxylic acids is 1. The zero-order valence-corrected chi connectivity index (χ0v) is 9.74. The number of aliphatic hydroxyl groups excluding tert-OH is 1. The number of non-ortho nitro benzene ring substituents is 1. The predicted octanol–water partition coefficient (Wildman–Crippen LogP) is 0.518. The number of nitro groups is 1. The normalized spacial score (nSPS) is 13.9. The molecule has 0 amide bonds. The van der Waals surface area contributed by atoms with Gasteiger partial charge in [0.2, 0.25) is 0 Å². The van der Waals surface area contributed by atoms with Crippen LogP contribution in [0.4, 0.5) is 5.69 Å². The van der Waals surface area contributed by atoms with Crippen molar-refractivity contribution in [3.05, 3.63) is 39.9 Å². The van der Waals surface area contributed by atoms with Crippen LogP contribution in [-0.2, 0) is 11.3 Å². The van der Waals surface area contributed by atoms with Crippen LogP contribution in [0.15, 0.2) is 24.3 Å². The molecule has 0 fully saturated rings. The molecule has 0 aliphatic carbocycles. The van der Waals surface area contributed by atoms with E-state index in [1.54, 1.807) is 0 Å². The Kier molecular flexibility index (Phi) is 4.75. The minimum atomic E-state index is -1.15. The fourth-order valence-corrected chi connectivity index (χ4v) is 1.43. The molecule has 1 aromatic carbocycles. The molecule has 0 bridgehead atoms. The third-order valence-electron chi connectivity index (χ3n) is 2.42. The second-order valence-corrected chi connectivity index (χ2v) is 3.86. The highest BCUT2D eigenvalue weighted by atomic mass is 16.6. The fraction of sp³-hybridized carbons (Fsp3) is 0.364. The number of nitrogens with one attached hydrogen (secondary N) is 1. The summed E-state index contributed by atoms with van der Waals surface area (Å²) >= 11 is 0. The molecule has 0 aromatic heterocycles. The summed E-state index contributed by atoms with van der Waals surface area (Å²) in [6.07, 6.45) is -1.03. The summed E-state index contributed by atoms with van der Waals surface area (Å²) in [5, 5.41) is 31.2. The summed E-state index contributed by atoms with van der Waals surface area (Å²) in [7, 11) is 0. The van der Waals surface area contributed by atoms with Gasteiger partial charge in [0.25, 0.3) is 5.69 Å². The molecule has 2 atom stereocenters. The Balaban J connectivity index is 2.62. The van der Waals surface area contributed by atoms with Crippen LogP contribution in [0.1, 0.15) is 12.5 Å². The van der Waals surface area contributed by atoms with E-state index in [-0.39, 0.29) is 12.2 Å². The molecule has 7 heteroatoms. The maximum absolute atomic E-state index is 10.8. The average Bonchev–Trinajstić information content (AvgIpc) is 2.28. The molecular weight excluding hydrogens is 240 g/mol. The first-order valence-electron chi connectivity index (χ1n) is 5.29. The van der Waals surface area contributed by atoms with Gasteiger partial charge in [-0.15, -0.1) is 0 Å². The van der Waals surface area contributed by atoms with E-state index in [0.29, 0.717) is 5.56 Å². The van der Waals surface area contributed by atoms with E-state index in [1.165, 1.54) is 31.2 Å². The third kappa shape index (κ3) is 3.79. The molecule has 18 heavy (non-hydrogen) atoms. The van der Waals surface area contributed by atoms with Gasteiger partial charge in [0, 0.05) is 18.7 Å². The van der Waals surface area contributed by atoms with Gasteiger partial charge >= 0.3 is 5.97 Å². The van der Waals surface area contributed by atoms with Gasteiger partial charge in [0.1, 0.15) is 6.04 Å². The zero-order chi connectivity index (χ0) is 13.7. The van der Waals surface area contributed by atoms with Crippen molar-refractivity contribution >= 4 is 11.7 Å². The quantitative estimate of drug-likeness (QED) is 0.504. The van der Waals surface area contributed by atoms with E-state index in [9.17, 15) is 20.0 Å². The number of benzene rings is 1. The molecule has 0 heterocycles. The topological polar surface area (TPSA) is 113 Å². The number of rotatable bonds is 6. The highest BCUT2D eigenvalue weighted by Crippen LogP contribution is 2.11. The molecule has 0 saturated carbocycles. The molecule has 0 spiro atoms. The summed E-state index contributed by atoms with van der Waals surface area (Å²) in [6.45, 7) is 1.58. The first-order valence-corrected chi connectivity index (χ1v) is 5.29. The maximum Gasteiger partial charge on any atom is 0.323 e.